The average molecular weight is 138 g/mol. The highest BCUT2D eigenvalue weighted by molar-refractivity contribution is 5.08. The van der Waals surface area contributed by atoms with Crippen molar-refractivity contribution < 1.29 is 4.74 Å². The van der Waals surface area contributed by atoms with Gasteiger partial charge in [0.2, 0.25) is 0 Å². The lowest BCUT2D eigenvalue weighted by Crippen LogP contribution is -1.68. The van der Waals surface area contributed by atoms with Crippen molar-refractivity contribution in [3.63, 3.8) is 0 Å². The zero-order chi connectivity index (χ0) is 7.82. The summed E-state index contributed by atoms with van der Waals surface area (Å²) in [5.41, 5.74) is 1.34. The number of allylic oxidation sites excluding steroid dienone is 3. The van der Waals surface area contributed by atoms with Gasteiger partial charge in [0.05, 0.1) is 12.5 Å². The van der Waals surface area contributed by atoms with E-state index in [9.17, 15) is 0 Å². The monoisotopic (exact) mass is 138 g/mol. The lowest BCUT2D eigenvalue weighted by Gasteiger charge is -1.89. The highest BCUT2D eigenvalue weighted by Gasteiger charge is 1.76. The maximum Gasteiger partial charge on any atom is 0.0901 e. The Bertz CT molecular complexity index is 143. The molecule has 0 aromatic carbocycles. The van der Waals surface area contributed by atoms with Crippen LogP contribution in [-0.2, 0) is 4.74 Å². The molecule has 0 aromatic heterocycles. The van der Waals surface area contributed by atoms with Crippen LogP contribution in [0.3, 0.4) is 0 Å². The zero-order valence-electron chi connectivity index (χ0n) is 6.63. The van der Waals surface area contributed by atoms with Crippen LogP contribution < -0.4 is 0 Å². The SMILES string of the molecule is C=CO/C=C/C=C(/C)CC. The van der Waals surface area contributed by atoms with Crippen molar-refractivity contribution in [1.82, 2.24) is 0 Å². The van der Waals surface area contributed by atoms with Gasteiger partial charge in [-0.05, 0) is 19.4 Å². The molecule has 0 radical (unpaired) electrons. The third-order valence-electron chi connectivity index (χ3n) is 1.19. The van der Waals surface area contributed by atoms with Gasteiger partial charge in [0.15, 0.2) is 0 Å². The smallest absolute Gasteiger partial charge is 0.0901 e. The summed E-state index contributed by atoms with van der Waals surface area (Å²) < 4.78 is 4.77. The Hall–Kier alpha value is -0.980. The number of hydrogen-bond donors (Lipinski definition) is 0. The van der Waals surface area contributed by atoms with Gasteiger partial charge in [0.25, 0.3) is 0 Å². The molecule has 0 amide bonds. The molecule has 0 saturated carbocycles. The Morgan fingerprint density at radius 1 is 1.60 bits per heavy atom. The molecule has 0 aliphatic carbocycles. The molecule has 10 heavy (non-hydrogen) atoms. The topological polar surface area (TPSA) is 9.23 Å². The molecule has 0 bridgehead atoms. The number of rotatable bonds is 4. The lowest BCUT2D eigenvalue weighted by atomic mass is 10.2. The van der Waals surface area contributed by atoms with E-state index in [-0.39, 0.29) is 0 Å². The molecule has 0 aliphatic heterocycles. The van der Waals surface area contributed by atoms with Crippen LogP contribution in [0, 0.1) is 0 Å². The molecule has 0 rings (SSSR count). The van der Waals surface area contributed by atoms with Crippen LogP contribution in [0.5, 0.6) is 0 Å². The third kappa shape index (κ3) is 5.16. The minimum absolute atomic E-state index is 1.08. The minimum atomic E-state index is 1.08. The van der Waals surface area contributed by atoms with E-state index in [2.05, 4.69) is 20.4 Å². The molecule has 0 atom stereocenters. The fourth-order valence-corrected chi connectivity index (χ4v) is 0.422. The molecule has 0 saturated heterocycles. The maximum atomic E-state index is 4.77. The Morgan fingerprint density at radius 2 is 2.30 bits per heavy atom. The van der Waals surface area contributed by atoms with Crippen molar-refractivity contribution in [2.24, 2.45) is 0 Å². The van der Waals surface area contributed by atoms with Gasteiger partial charge in [-0.1, -0.05) is 25.2 Å². The van der Waals surface area contributed by atoms with Crippen molar-refractivity contribution in [1.29, 1.82) is 0 Å². The van der Waals surface area contributed by atoms with E-state index in [4.69, 9.17) is 4.74 Å². The Morgan fingerprint density at radius 3 is 2.80 bits per heavy atom. The summed E-state index contributed by atoms with van der Waals surface area (Å²) in [6.45, 7) is 7.60. The first-order valence-corrected chi connectivity index (χ1v) is 3.40. The van der Waals surface area contributed by atoms with Crippen LogP contribution in [0.2, 0.25) is 0 Å². The second kappa shape index (κ2) is 6.14. The van der Waals surface area contributed by atoms with E-state index in [1.165, 1.54) is 11.8 Å². The predicted octanol–water partition coefficient (Wildman–Crippen LogP) is 3.02. The van der Waals surface area contributed by atoms with Crippen LogP contribution in [0.15, 0.2) is 36.8 Å². The van der Waals surface area contributed by atoms with E-state index in [1.54, 1.807) is 6.26 Å². The molecule has 0 heterocycles. The fourth-order valence-electron chi connectivity index (χ4n) is 0.422. The van der Waals surface area contributed by atoms with E-state index in [1.807, 2.05) is 12.2 Å². The maximum absolute atomic E-state index is 4.77. The van der Waals surface area contributed by atoms with Gasteiger partial charge in [-0.25, -0.2) is 0 Å². The van der Waals surface area contributed by atoms with Crippen LogP contribution in [0.4, 0.5) is 0 Å². The molecule has 0 aliphatic rings. The second-order valence-electron chi connectivity index (χ2n) is 2.00. The quantitative estimate of drug-likeness (QED) is 0.428. The van der Waals surface area contributed by atoms with Gasteiger partial charge < -0.3 is 4.74 Å². The first-order valence-electron chi connectivity index (χ1n) is 3.40. The lowest BCUT2D eigenvalue weighted by molar-refractivity contribution is 0.405. The summed E-state index contributed by atoms with van der Waals surface area (Å²) >= 11 is 0. The van der Waals surface area contributed by atoms with Crippen LogP contribution in [-0.4, -0.2) is 0 Å². The molecule has 0 fully saturated rings. The van der Waals surface area contributed by atoms with Crippen LogP contribution >= 0.6 is 0 Å². The van der Waals surface area contributed by atoms with Crippen molar-refractivity contribution in [3.8, 4) is 0 Å². The summed E-state index contributed by atoms with van der Waals surface area (Å²) in [6, 6.07) is 0. The summed E-state index contributed by atoms with van der Waals surface area (Å²) in [7, 11) is 0. The number of ether oxygens (including phenoxy) is 1. The molecule has 1 nitrogen and oxygen atoms in total. The highest BCUT2D eigenvalue weighted by Crippen LogP contribution is 1.97. The summed E-state index contributed by atoms with van der Waals surface area (Å²) in [6.07, 6.45) is 7.96. The minimum Gasteiger partial charge on any atom is -0.473 e. The van der Waals surface area contributed by atoms with Gasteiger partial charge in [-0.2, -0.15) is 0 Å². The average Bonchev–Trinajstić information content (AvgIpc) is 1.98. The van der Waals surface area contributed by atoms with E-state index >= 15 is 0 Å². The fraction of sp³-hybridized carbons (Fsp3) is 0.333. The first kappa shape index (κ1) is 9.02. The molecule has 56 valence electrons. The molecule has 0 aromatic rings. The van der Waals surface area contributed by atoms with Crippen molar-refractivity contribution in [3.05, 3.63) is 36.8 Å². The summed E-state index contributed by atoms with van der Waals surface area (Å²) in [5, 5.41) is 0. The highest BCUT2D eigenvalue weighted by atomic mass is 16.5. The summed E-state index contributed by atoms with van der Waals surface area (Å²) in [5.74, 6) is 0. The Labute approximate surface area is 62.7 Å². The van der Waals surface area contributed by atoms with Crippen LogP contribution in [0.1, 0.15) is 20.3 Å². The van der Waals surface area contributed by atoms with E-state index < -0.39 is 0 Å². The molecule has 0 spiro atoms. The van der Waals surface area contributed by atoms with E-state index in [0.717, 1.165) is 6.42 Å². The second-order valence-corrected chi connectivity index (χ2v) is 2.00. The van der Waals surface area contributed by atoms with Crippen molar-refractivity contribution >= 4 is 0 Å². The standard InChI is InChI=1S/C9H14O/c1-4-9(3)7-6-8-10-5-2/h5-8H,2,4H2,1,3H3/b8-6+,9-7-. The largest absolute Gasteiger partial charge is 0.473 e. The van der Waals surface area contributed by atoms with Gasteiger partial charge in [0.1, 0.15) is 0 Å². The molecule has 0 unspecified atom stereocenters. The van der Waals surface area contributed by atoms with Gasteiger partial charge >= 0.3 is 0 Å². The normalized spacial score (nSPS) is 12.0. The molecule has 1 heteroatoms. The van der Waals surface area contributed by atoms with Gasteiger partial charge in [-0.3, -0.25) is 0 Å². The number of hydrogen-bond acceptors (Lipinski definition) is 1. The molecular weight excluding hydrogens is 124 g/mol. The predicted molar refractivity (Wildman–Crippen MR) is 44.5 cm³/mol. The molecule has 0 N–H and O–H groups in total. The summed E-state index contributed by atoms with van der Waals surface area (Å²) in [4.78, 5) is 0. The third-order valence-corrected chi connectivity index (χ3v) is 1.19. The Balaban J connectivity index is 3.58. The van der Waals surface area contributed by atoms with Gasteiger partial charge in [0, 0.05) is 0 Å². The van der Waals surface area contributed by atoms with Gasteiger partial charge in [-0.15, -0.1) is 0 Å². The zero-order valence-corrected chi connectivity index (χ0v) is 6.63. The van der Waals surface area contributed by atoms with E-state index in [0.29, 0.717) is 0 Å². The van der Waals surface area contributed by atoms with Crippen molar-refractivity contribution in [2.45, 2.75) is 20.3 Å². The Kier molecular flexibility index (Phi) is 5.54. The first-order chi connectivity index (χ1) is 4.81. The van der Waals surface area contributed by atoms with Crippen LogP contribution in [0.25, 0.3) is 0 Å². The van der Waals surface area contributed by atoms with Crippen molar-refractivity contribution in [2.75, 3.05) is 0 Å². The molecular formula is C9H14O.